The van der Waals surface area contributed by atoms with E-state index in [1.165, 1.54) is 25.7 Å². The van der Waals surface area contributed by atoms with Crippen molar-refractivity contribution in [2.24, 2.45) is 46.3 Å². The molecule has 7 rings (SSSR count). The van der Waals surface area contributed by atoms with Crippen molar-refractivity contribution in [3.8, 4) is 5.75 Å². The van der Waals surface area contributed by atoms with Crippen LogP contribution in [0.15, 0.2) is 63.8 Å². The Kier molecular flexibility index (Phi) is 9.70. The van der Waals surface area contributed by atoms with Crippen molar-refractivity contribution >= 4 is 16.9 Å². The summed E-state index contributed by atoms with van der Waals surface area (Å²) in [4.78, 5) is 25.0. The van der Waals surface area contributed by atoms with E-state index in [2.05, 4.69) is 20.8 Å². The van der Waals surface area contributed by atoms with Gasteiger partial charge < -0.3 is 23.7 Å². The second-order valence-electron chi connectivity index (χ2n) is 16.3. The third-order valence-electron chi connectivity index (χ3n) is 14.0. The van der Waals surface area contributed by atoms with Gasteiger partial charge in [-0.25, -0.2) is 4.79 Å². The fraction of sp³-hybridized carbons (Fsp3) is 0.619. The predicted molar refractivity (Wildman–Crippen MR) is 189 cm³/mol. The normalized spacial score (nSPS) is 34.4. The molecule has 1 N–H and O–H groups in total. The molecule has 4 saturated carbocycles. The van der Waals surface area contributed by atoms with Crippen molar-refractivity contribution in [2.45, 2.75) is 110 Å². The monoisotopic (exact) mass is 670 g/mol. The van der Waals surface area contributed by atoms with Gasteiger partial charge in [-0.1, -0.05) is 51.1 Å². The first-order chi connectivity index (χ1) is 23.6. The summed E-state index contributed by atoms with van der Waals surface area (Å²) in [5.41, 5.74) is 2.39. The molecular weight excluding hydrogens is 616 g/mol. The highest BCUT2D eigenvalue weighted by Crippen LogP contribution is 2.68. The minimum absolute atomic E-state index is 0.104. The van der Waals surface area contributed by atoms with Crippen LogP contribution in [-0.4, -0.2) is 30.4 Å². The zero-order valence-electron chi connectivity index (χ0n) is 29.7. The van der Waals surface area contributed by atoms with E-state index in [0.29, 0.717) is 66.5 Å². The van der Waals surface area contributed by atoms with Gasteiger partial charge in [-0.3, -0.25) is 4.79 Å². The summed E-state index contributed by atoms with van der Waals surface area (Å²) in [6.07, 6.45) is 9.79. The van der Waals surface area contributed by atoms with Gasteiger partial charge in [-0.15, -0.1) is 0 Å². The Bertz CT molecular complexity index is 1680. The van der Waals surface area contributed by atoms with E-state index < -0.39 is 0 Å². The van der Waals surface area contributed by atoms with Crippen LogP contribution < -0.4 is 10.4 Å². The lowest BCUT2D eigenvalue weighted by Gasteiger charge is -2.62. The average molecular weight is 671 g/mol. The lowest BCUT2D eigenvalue weighted by atomic mass is 9.43. The maximum atomic E-state index is 12.6. The van der Waals surface area contributed by atoms with Crippen LogP contribution in [-0.2, 0) is 27.5 Å². The van der Waals surface area contributed by atoms with Crippen molar-refractivity contribution in [1.82, 2.24) is 0 Å². The van der Waals surface area contributed by atoms with Crippen LogP contribution in [0.1, 0.15) is 96.1 Å². The number of ether oxygens (including phenoxy) is 3. The van der Waals surface area contributed by atoms with Crippen LogP contribution in [0.4, 0.5) is 0 Å². The van der Waals surface area contributed by atoms with Crippen molar-refractivity contribution in [3.63, 3.8) is 0 Å². The number of fused-ring (bicyclic) bond motifs is 6. The molecule has 2 aromatic carbocycles. The number of benzene rings is 2. The number of carbonyl (C=O) groups is 1. The van der Waals surface area contributed by atoms with Gasteiger partial charge in [0, 0.05) is 23.9 Å². The fourth-order valence-corrected chi connectivity index (χ4v) is 11.3. The van der Waals surface area contributed by atoms with Crippen LogP contribution in [0.2, 0.25) is 0 Å². The van der Waals surface area contributed by atoms with E-state index in [-0.39, 0.29) is 34.6 Å². The summed E-state index contributed by atoms with van der Waals surface area (Å²) in [6, 6.07) is 17.0. The minimum atomic E-state index is -0.383. The highest BCUT2D eigenvalue weighted by Gasteiger charge is 2.63. The van der Waals surface area contributed by atoms with Crippen LogP contribution in [0.5, 0.6) is 5.75 Å². The van der Waals surface area contributed by atoms with Gasteiger partial charge in [0.2, 0.25) is 0 Å². The van der Waals surface area contributed by atoms with Crippen molar-refractivity contribution < 1.29 is 28.5 Å². The summed E-state index contributed by atoms with van der Waals surface area (Å²) >= 11 is 0. The first-order valence-corrected chi connectivity index (χ1v) is 18.7. The maximum absolute atomic E-state index is 12.6. The molecule has 0 aliphatic heterocycles. The summed E-state index contributed by atoms with van der Waals surface area (Å²) < 4.78 is 22.9. The molecule has 1 heterocycles. The predicted octanol–water partition coefficient (Wildman–Crippen LogP) is 8.48. The molecule has 264 valence electrons. The van der Waals surface area contributed by atoms with Crippen molar-refractivity contribution in [3.05, 3.63) is 76.1 Å². The Hall–Kier alpha value is -3.16. The molecular formula is C42H54O7. The van der Waals surface area contributed by atoms with Gasteiger partial charge in [0.1, 0.15) is 17.9 Å². The summed E-state index contributed by atoms with van der Waals surface area (Å²) in [7, 11) is 1.60. The second kappa shape index (κ2) is 13.9. The lowest BCUT2D eigenvalue weighted by Crippen LogP contribution is -2.58. The molecule has 0 spiro atoms. The number of rotatable bonds is 10. The maximum Gasteiger partial charge on any atom is 0.336 e. The Labute approximate surface area is 290 Å². The molecule has 1 aromatic heterocycles. The molecule has 4 aliphatic rings. The number of aliphatic hydroxyl groups excluding tert-OH is 1. The lowest BCUT2D eigenvalue weighted by molar-refractivity contribution is -0.179. The topological polar surface area (TPSA) is 95.2 Å². The van der Waals surface area contributed by atoms with Crippen molar-refractivity contribution in [1.29, 1.82) is 0 Å². The van der Waals surface area contributed by atoms with Gasteiger partial charge in [0.25, 0.3) is 0 Å². The second-order valence-corrected chi connectivity index (χ2v) is 16.3. The summed E-state index contributed by atoms with van der Waals surface area (Å²) in [5.74, 6) is 3.38. The zero-order chi connectivity index (χ0) is 34.3. The Morgan fingerprint density at radius 1 is 0.959 bits per heavy atom. The SMILES string of the molecule is COc1ccc2c(CO[C@@H]3CC[C@@]4(C)[C@@H](C3)C[C@@H](O)[C@@H]3[C@@H]4CC[C@]4(C)[C@@H]([C@H](C)CCC(=O)OCc5ccccc5)CC[C@@H]34)cc(=O)oc2c1. The number of hydrogen-bond acceptors (Lipinski definition) is 7. The molecule has 10 atom stereocenters. The highest BCUT2D eigenvalue weighted by molar-refractivity contribution is 5.81. The van der Waals surface area contributed by atoms with E-state index in [1.807, 2.05) is 42.5 Å². The largest absolute Gasteiger partial charge is 0.497 e. The van der Waals surface area contributed by atoms with Gasteiger partial charge in [-0.05, 0) is 127 Å². The first-order valence-electron chi connectivity index (χ1n) is 18.7. The van der Waals surface area contributed by atoms with E-state index in [4.69, 9.17) is 18.6 Å². The molecule has 4 fully saturated rings. The smallest absolute Gasteiger partial charge is 0.336 e. The third-order valence-corrected chi connectivity index (χ3v) is 14.0. The van der Waals surface area contributed by atoms with Gasteiger partial charge in [0.15, 0.2) is 0 Å². The average Bonchev–Trinajstić information content (AvgIpc) is 3.46. The number of aliphatic hydroxyl groups is 1. The van der Waals surface area contributed by atoms with E-state index in [1.54, 1.807) is 19.2 Å². The molecule has 0 radical (unpaired) electrons. The van der Waals surface area contributed by atoms with Gasteiger partial charge in [-0.2, -0.15) is 0 Å². The van der Waals surface area contributed by atoms with Gasteiger partial charge >= 0.3 is 11.6 Å². The van der Waals surface area contributed by atoms with E-state index in [9.17, 15) is 14.7 Å². The molecule has 0 unspecified atom stereocenters. The fourth-order valence-electron chi connectivity index (χ4n) is 11.3. The van der Waals surface area contributed by atoms with Crippen LogP contribution in [0.25, 0.3) is 11.0 Å². The molecule has 4 aliphatic carbocycles. The number of carbonyl (C=O) groups excluding carboxylic acids is 1. The number of hydrogen-bond donors (Lipinski definition) is 1. The Morgan fingerprint density at radius 3 is 2.53 bits per heavy atom. The summed E-state index contributed by atoms with van der Waals surface area (Å²) in [5, 5.41) is 12.8. The van der Waals surface area contributed by atoms with Gasteiger partial charge in [0.05, 0.1) is 25.9 Å². The molecule has 0 bridgehead atoms. The Morgan fingerprint density at radius 2 is 1.73 bits per heavy atom. The standard InChI is InChI=1S/C42H54O7/c1-26(10-15-38(44)48-24-27-8-6-5-7-9-27)33-13-14-34-40-35(17-19-42(33,34)3)41(2)18-16-31(21-29(41)22-36(40)43)47-25-28-20-39(45)49-37-23-30(46-4)11-12-32(28)37/h5-9,11-12,20,23,26,29,31,33-36,40,43H,10,13-19,21-22,24-25H2,1-4H3/t26-,29+,31-,33-,34+,35+,36-,40+,41+,42-/m1/s1. The van der Waals surface area contributed by atoms with E-state index in [0.717, 1.165) is 48.6 Å². The first kappa shape index (κ1) is 34.3. The highest BCUT2D eigenvalue weighted by atomic mass is 16.5. The molecule has 7 heteroatoms. The Balaban J connectivity index is 0.966. The quantitative estimate of drug-likeness (QED) is 0.171. The molecule has 49 heavy (non-hydrogen) atoms. The molecule has 3 aromatic rings. The molecule has 7 nitrogen and oxygen atoms in total. The minimum Gasteiger partial charge on any atom is -0.497 e. The van der Waals surface area contributed by atoms with Crippen LogP contribution >= 0.6 is 0 Å². The molecule has 0 saturated heterocycles. The summed E-state index contributed by atoms with van der Waals surface area (Å²) in [6.45, 7) is 8.06. The van der Waals surface area contributed by atoms with Crippen LogP contribution in [0.3, 0.4) is 0 Å². The number of methoxy groups -OCH3 is 1. The third kappa shape index (κ3) is 6.58. The zero-order valence-corrected chi connectivity index (χ0v) is 29.7. The number of esters is 1. The van der Waals surface area contributed by atoms with Crippen molar-refractivity contribution in [2.75, 3.05) is 7.11 Å². The van der Waals surface area contributed by atoms with E-state index >= 15 is 0 Å². The molecule has 0 amide bonds. The van der Waals surface area contributed by atoms with Crippen LogP contribution in [0, 0.1) is 46.3 Å².